The van der Waals surface area contributed by atoms with Gasteiger partial charge in [-0.05, 0) is 36.8 Å². The summed E-state index contributed by atoms with van der Waals surface area (Å²) in [4.78, 5) is 23.3. The Morgan fingerprint density at radius 1 is 1.22 bits per heavy atom. The Labute approximate surface area is 133 Å². The average molecular weight is 316 g/mol. The van der Waals surface area contributed by atoms with Crippen LogP contribution in [0.25, 0.3) is 0 Å². The molecule has 0 bridgehead atoms. The number of primary amides is 1. The maximum absolute atomic E-state index is 13.8. The minimum atomic E-state index is -0.755. The van der Waals surface area contributed by atoms with E-state index in [0.717, 1.165) is 11.6 Å². The van der Waals surface area contributed by atoms with Crippen molar-refractivity contribution in [2.75, 3.05) is 12.4 Å². The predicted octanol–water partition coefficient (Wildman–Crippen LogP) is 2.42. The lowest BCUT2D eigenvalue weighted by Crippen LogP contribution is -2.17. The second-order valence-electron chi connectivity index (χ2n) is 5.07. The summed E-state index contributed by atoms with van der Waals surface area (Å²) in [5.74, 6) is -0.976. The van der Waals surface area contributed by atoms with Crippen molar-refractivity contribution in [2.45, 2.75) is 13.3 Å². The summed E-state index contributed by atoms with van der Waals surface area (Å²) in [5.41, 5.74) is 6.43. The third kappa shape index (κ3) is 4.06. The number of ether oxygens (including phenoxy) is 1. The molecule has 0 heterocycles. The Morgan fingerprint density at radius 2 is 1.87 bits per heavy atom. The molecule has 0 radical (unpaired) electrons. The normalized spacial score (nSPS) is 10.2. The van der Waals surface area contributed by atoms with Gasteiger partial charge in [0.15, 0.2) is 0 Å². The van der Waals surface area contributed by atoms with Crippen molar-refractivity contribution in [1.29, 1.82) is 0 Å². The lowest BCUT2D eigenvalue weighted by atomic mass is 10.1. The van der Waals surface area contributed by atoms with Crippen molar-refractivity contribution in [1.82, 2.24) is 0 Å². The number of hydrogen-bond acceptors (Lipinski definition) is 3. The molecule has 2 rings (SSSR count). The number of halogens is 1. The van der Waals surface area contributed by atoms with Crippen molar-refractivity contribution in [3.05, 3.63) is 58.9 Å². The van der Waals surface area contributed by atoms with Crippen LogP contribution in [0.4, 0.5) is 10.1 Å². The number of methoxy groups -OCH3 is 1. The molecule has 2 amide bonds. The highest BCUT2D eigenvalue weighted by molar-refractivity contribution is 5.97. The lowest BCUT2D eigenvalue weighted by molar-refractivity contribution is -0.115. The fourth-order valence-electron chi connectivity index (χ4n) is 2.07. The maximum atomic E-state index is 13.8. The molecule has 0 saturated carbocycles. The number of carbonyl (C=O) groups is 2. The van der Waals surface area contributed by atoms with Crippen LogP contribution in [-0.4, -0.2) is 18.9 Å². The molecular formula is C17H17FN2O3. The van der Waals surface area contributed by atoms with Crippen molar-refractivity contribution in [3.63, 3.8) is 0 Å². The second-order valence-corrected chi connectivity index (χ2v) is 5.07. The molecule has 0 aromatic heterocycles. The van der Waals surface area contributed by atoms with Crippen LogP contribution in [0.2, 0.25) is 0 Å². The van der Waals surface area contributed by atoms with Gasteiger partial charge in [0.05, 0.1) is 13.5 Å². The minimum Gasteiger partial charge on any atom is -0.497 e. The van der Waals surface area contributed by atoms with Crippen LogP contribution < -0.4 is 15.8 Å². The first-order valence-electron chi connectivity index (χ1n) is 6.93. The molecule has 2 aromatic carbocycles. The molecule has 3 N–H and O–H groups in total. The Hall–Kier alpha value is -2.89. The number of carbonyl (C=O) groups excluding carboxylic acids is 2. The van der Waals surface area contributed by atoms with Crippen LogP contribution in [0.15, 0.2) is 36.4 Å². The first-order valence-corrected chi connectivity index (χ1v) is 6.93. The van der Waals surface area contributed by atoms with E-state index in [-0.39, 0.29) is 29.1 Å². The molecule has 0 aliphatic heterocycles. The number of nitrogens with one attached hydrogen (secondary N) is 1. The number of amides is 2. The van der Waals surface area contributed by atoms with Gasteiger partial charge in [0, 0.05) is 16.8 Å². The van der Waals surface area contributed by atoms with Gasteiger partial charge in [-0.2, -0.15) is 0 Å². The van der Waals surface area contributed by atoms with E-state index in [1.54, 1.807) is 31.4 Å². The van der Waals surface area contributed by atoms with E-state index < -0.39 is 11.7 Å². The average Bonchev–Trinajstić information content (AvgIpc) is 2.52. The van der Waals surface area contributed by atoms with E-state index >= 15 is 0 Å². The summed E-state index contributed by atoms with van der Waals surface area (Å²) in [6.07, 6.45) is 0.117. The third-order valence-electron chi connectivity index (χ3n) is 3.43. The zero-order valence-corrected chi connectivity index (χ0v) is 12.9. The highest BCUT2D eigenvalue weighted by Crippen LogP contribution is 2.21. The summed E-state index contributed by atoms with van der Waals surface area (Å²) in [7, 11) is 1.56. The van der Waals surface area contributed by atoms with Gasteiger partial charge in [0.25, 0.3) is 0 Å². The summed E-state index contributed by atoms with van der Waals surface area (Å²) < 4.78 is 18.8. The van der Waals surface area contributed by atoms with Crippen LogP contribution >= 0.6 is 0 Å². The summed E-state index contributed by atoms with van der Waals surface area (Å²) in [6, 6.07) is 9.46. The van der Waals surface area contributed by atoms with Crippen molar-refractivity contribution < 1.29 is 18.7 Å². The van der Waals surface area contributed by atoms with E-state index in [0.29, 0.717) is 5.75 Å². The number of nitrogens with two attached hydrogens (primary N) is 1. The van der Waals surface area contributed by atoms with E-state index in [4.69, 9.17) is 10.5 Å². The molecule has 0 spiro atoms. The molecule has 120 valence electrons. The van der Waals surface area contributed by atoms with Gasteiger partial charge < -0.3 is 15.8 Å². The number of rotatable bonds is 5. The topological polar surface area (TPSA) is 81.4 Å². The zero-order valence-electron chi connectivity index (χ0n) is 12.9. The molecular weight excluding hydrogens is 299 g/mol. The molecule has 0 unspecified atom stereocenters. The van der Waals surface area contributed by atoms with Crippen LogP contribution in [0.5, 0.6) is 5.75 Å². The third-order valence-corrected chi connectivity index (χ3v) is 3.43. The molecule has 0 aliphatic rings. The van der Waals surface area contributed by atoms with Gasteiger partial charge in [0.2, 0.25) is 11.8 Å². The Kier molecular flexibility index (Phi) is 4.95. The van der Waals surface area contributed by atoms with E-state index in [2.05, 4.69) is 5.32 Å². The van der Waals surface area contributed by atoms with Crippen LogP contribution in [0.3, 0.4) is 0 Å². The van der Waals surface area contributed by atoms with Gasteiger partial charge >= 0.3 is 0 Å². The van der Waals surface area contributed by atoms with Crippen molar-refractivity contribution >= 4 is 17.5 Å². The van der Waals surface area contributed by atoms with E-state index in [1.807, 2.05) is 0 Å². The minimum absolute atomic E-state index is 0.00727. The molecule has 23 heavy (non-hydrogen) atoms. The monoisotopic (exact) mass is 316 g/mol. The highest BCUT2D eigenvalue weighted by atomic mass is 19.1. The Balaban J connectivity index is 2.14. The van der Waals surface area contributed by atoms with Gasteiger partial charge in [-0.15, -0.1) is 0 Å². The first-order chi connectivity index (χ1) is 10.9. The fraction of sp³-hybridized carbons (Fsp3) is 0.176. The summed E-state index contributed by atoms with van der Waals surface area (Å²) >= 11 is 0. The quantitative estimate of drug-likeness (QED) is 0.889. The highest BCUT2D eigenvalue weighted by Gasteiger charge is 2.13. The van der Waals surface area contributed by atoms with Crippen LogP contribution in [0, 0.1) is 12.7 Å². The van der Waals surface area contributed by atoms with E-state index in [9.17, 15) is 14.0 Å². The predicted molar refractivity (Wildman–Crippen MR) is 85.0 cm³/mol. The van der Waals surface area contributed by atoms with Crippen LogP contribution in [0.1, 0.15) is 21.5 Å². The molecule has 6 heteroatoms. The fourth-order valence-corrected chi connectivity index (χ4v) is 2.07. The van der Waals surface area contributed by atoms with Crippen molar-refractivity contribution in [2.24, 2.45) is 5.73 Å². The smallest absolute Gasteiger partial charge is 0.248 e. The molecule has 0 aliphatic carbocycles. The van der Waals surface area contributed by atoms with Gasteiger partial charge in [-0.3, -0.25) is 9.59 Å². The molecule has 5 nitrogen and oxygen atoms in total. The zero-order chi connectivity index (χ0) is 17.0. The molecule has 0 atom stereocenters. The molecule has 0 fully saturated rings. The maximum Gasteiger partial charge on any atom is 0.248 e. The summed E-state index contributed by atoms with van der Waals surface area (Å²) in [5, 5.41) is 2.61. The number of hydrogen-bond donors (Lipinski definition) is 2. The number of anilines is 1. The first kappa shape index (κ1) is 16.5. The standard InChI is InChI=1S/C17H17FN2O3/c1-10-14(18)8-12(17(19)22)9-15(10)20-16(21)7-11-3-5-13(23-2)6-4-11/h3-6,8-9H,7H2,1-2H3,(H2,19,22)(H,20,21). The van der Waals surface area contributed by atoms with Crippen LogP contribution in [-0.2, 0) is 11.2 Å². The van der Waals surface area contributed by atoms with Gasteiger partial charge in [0.1, 0.15) is 11.6 Å². The lowest BCUT2D eigenvalue weighted by Gasteiger charge is -2.11. The van der Waals surface area contributed by atoms with Gasteiger partial charge in [-0.25, -0.2) is 4.39 Å². The molecule has 0 saturated heterocycles. The Bertz CT molecular complexity index is 742. The van der Waals surface area contributed by atoms with Crippen molar-refractivity contribution in [3.8, 4) is 5.75 Å². The van der Waals surface area contributed by atoms with E-state index in [1.165, 1.54) is 13.0 Å². The van der Waals surface area contributed by atoms with Gasteiger partial charge in [-0.1, -0.05) is 12.1 Å². The second kappa shape index (κ2) is 6.91. The SMILES string of the molecule is COc1ccc(CC(=O)Nc2cc(C(N)=O)cc(F)c2C)cc1. The summed E-state index contributed by atoms with van der Waals surface area (Å²) in [6.45, 7) is 1.52. The molecule has 2 aromatic rings. The largest absolute Gasteiger partial charge is 0.497 e. The number of benzene rings is 2. The Morgan fingerprint density at radius 3 is 2.43 bits per heavy atom.